The maximum atomic E-state index is 13.3. The second kappa shape index (κ2) is 6.66. The maximum absolute atomic E-state index is 13.3. The molecular formula is C14H15F2NO2Pt. The van der Waals surface area contributed by atoms with Gasteiger partial charge in [-0.3, -0.25) is 4.79 Å². The molecule has 0 N–H and O–H groups in total. The van der Waals surface area contributed by atoms with E-state index >= 15 is 0 Å². The Morgan fingerprint density at radius 2 is 1.70 bits per heavy atom. The predicted molar refractivity (Wildman–Crippen MR) is 63.5 cm³/mol. The summed E-state index contributed by atoms with van der Waals surface area (Å²) in [5.74, 6) is -1.02. The fourth-order valence-corrected chi connectivity index (χ4v) is 3.26. The fourth-order valence-electron chi connectivity index (χ4n) is 3.26. The standard InChI is InChI=1S/C14H15F2NO.O.Pt/c15-10-6-9(7-11(16)8-10)13-5-4-12-2-1-3-14(18)17(12)13;;/h6-8,12-13H,1-5H2;;/t12-,13-;;/m0../s1. The molecule has 0 aliphatic carbocycles. The van der Waals surface area contributed by atoms with E-state index < -0.39 is 11.6 Å². The van der Waals surface area contributed by atoms with Gasteiger partial charge in [0.2, 0.25) is 5.91 Å². The molecule has 1 aromatic rings. The Hall–Kier alpha value is -0.962. The molecule has 0 saturated carbocycles. The Bertz CT molecular complexity index is 492. The summed E-state index contributed by atoms with van der Waals surface area (Å²) in [7, 11) is 0. The van der Waals surface area contributed by atoms with Crippen molar-refractivity contribution in [3.63, 3.8) is 0 Å². The molecule has 3 nitrogen and oxygen atoms in total. The van der Waals surface area contributed by atoms with Gasteiger partial charge in [-0.05, 0) is 43.4 Å². The number of benzene rings is 1. The Balaban J connectivity index is 0.000000704. The summed E-state index contributed by atoms with van der Waals surface area (Å²) in [4.78, 5) is 13.8. The van der Waals surface area contributed by atoms with Crippen molar-refractivity contribution in [1.82, 2.24) is 4.90 Å². The van der Waals surface area contributed by atoms with Gasteiger partial charge in [0, 0.05) is 18.5 Å². The van der Waals surface area contributed by atoms with Crippen molar-refractivity contribution in [3.05, 3.63) is 35.4 Å². The summed E-state index contributed by atoms with van der Waals surface area (Å²) < 4.78 is 34.7. The first kappa shape index (κ1) is 15.4. The zero-order chi connectivity index (χ0) is 14.7. The molecule has 2 atom stereocenters. The number of amides is 1. The van der Waals surface area contributed by atoms with Crippen LogP contribution in [0.15, 0.2) is 18.2 Å². The van der Waals surface area contributed by atoms with Crippen LogP contribution in [0.4, 0.5) is 8.78 Å². The summed E-state index contributed by atoms with van der Waals surface area (Å²) >= 11 is 0.889. The molecule has 2 aliphatic heterocycles. The van der Waals surface area contributed by atoms with Crippen molar-refractivity contribution in [2.24, 2.45) is 0 Å². The van der Waals surface area contributed by atoms with Gasteiger partial charge >= 0.3 is 23.2 Å². The van der Waals surface area contributed by atoms with Crippen molar-refractivity contribution in [2.45, 2.75) is 44.2 Å². The van der Waals surface area contributed by atoms with E-state index in [4.69, 9.17) is 3.40 Å². The summed E-state index contributed by atoms with van der Waals surface area (Å²) in [6.07, 6.45) is 4.25. The molecule has 2 fully saturated rings. The molecule has 1 aromatic carbocycles. The number of hydrogen-bond acceptors (Lipinski definition) is 2. The quantitative estimate of drug-likeness (QED) is 0.644. The van der Waals surface area contributed by atoms with Gasteiger partial charge in [0.1, 0.15) is 11.6 Å². The van der Waals surface area contributed by atoms with Crippen LogP contribution in [0.3, 0.4) is 0 Å². The van der Waals surface area contributed by atoms with E-state index in [9.17, 15) is 13.6 Å². The molecular weight excluding hydrogens is 447 g/mol. The van der Waals surface area contributed by atoms with Crippen LogP contribution in [0, 0.1) is 11.6 Å². The van der Waals surface area contributed by atoms with Crippen LogP contribution >= 0.6 is 0 Å². The summed E-state index contributed by atoms with van der Waals surface area (Å²) in [5.41, 5.74) is 0.588. The number of fused-ring (bicyclic) bond motifs is 1. The van der Waals surface area contributed by atoms with Crippen LogP contribution < -0.4 is 0 Å². The van der Waals surface area contributed by atoms with E-state index in [0.29, 0.717) is 12.0 Å². The fraction of sp³-hybridized carbons (Fsp3) is 0.500. The van der Waals surface area contributed by atoms with Gasteiger partial charge in [-0.1, -0.05) is 0 Å². The molecule has 6 heteroatoms. The average molecular weight is 462 g/mol. The van der Waals surface area contributed by atoms with Crippen molar-refractivity contribution in [2.75, 3.05) is 0 Å². The van der Waals surface area contributed by atoms with E-state index in [1.807, 2.05) is 4.90 Å². The Kier molecular flexibility index (Phi) is 5.14. The molecule has 112 valence electrons. The number of halogens is 2. The topological polar surface area (TPSA) is 37.4 Å². The van der Waals surface area contributed by atoms with Crippen LogP contribution in [-0.2, 0) is 28.0 Å². The van der Waals surface area contributed by atoms with E-state index in [1.165, 1.54) is 12.1 Å². The SMILES string of the molecule is O=C1CCC[C@H]2CC[C@@H](c3cc(F)cc(F)c3)N12.[O]=[Pt]. The molecule has 3 rings (SSSR count). The van der Waals surface area contributed by atoms with Crippen molar-refractivity contribution in [3.8, 4) is 0 Å². The summed E-state index contributed by atoms with van der Waals surface area (Å²) in [5, 5.41) is 0. The Labute approximate surface area is 127 Å². The van der Waals surface area contributed by atoms with Crippen LogP contribution in [0.2, 0.25) is 0 Å². The van der Waals surface area contributed by atoms with Gasteiger partial charge in [-0.15, -0.1) is 0 Å². The average Bonchev–Trinajstić information content (AvgIpc) is 2.85. The first-order valence-electron chi connectivity index (χ1n) is 6.55. The van der Waals surface area contributed by atoms with Crippen LogP contribution in [0.5, 0.6) is 0 Å². The molecule has 0 radical (unpaired) electrons. The number of carbonyl (C=O) groups is 1. The molecule has 2 saturated heterocycles. The monoisotopic (exact) mass is 462 g/mol. The molecule has 0 unspecified atom stereocenters. The Morgan fingerprint density at radius 1 is 1.05 bits per heavy atom. The number of hydrogen-bond donors (Lipinski definition) is 0. The Morgan fingerprint density at radius 3 is 2.35 bits per heavy atom. The first-order valence-corrected chi connectivity index (χ1v) is 7.48. The molecule has 0 aromatic heterocycles. The minimum atomic E-state index is -0.571. The van der Waals surface area contributed by atoms with Gasteiger partial charge in [0.15, 0.2) is 0 Å². The van der Waals surface area contributed by atoms with Gasteiger partial charge in [0.25, 0.3) is 0 Å². The third-order valence-corrected chi connectivity index (χ3v) is 3.99. The third kappa shape index (κ3) is 3.03. The molecule has 2 heterocycles. The summed E-state index contributed by atoms with van der Waals surface area (Å²) in [6.45, 7) is 0. The van der Waals surface area contributed by atoms with Crippen molar-refractivity contribution >= 4 is 5.91 Å². The molecule has 20 heavy (non-hydrogen) atoms. The van der Waals surface area contributed by atoms with E-state index in [-0.39, 0.29) is 18.0 Å². The van der Waals surface area contributed by atoms with E-state index in [1.54, 1.807) is 0 Å². The van der Waals surface area contributed by atoms with Crippen LogP contribution in [0.1, 0.15) is 43.7 Å². The second-order valence-electron chi connectivity index (χ2n) is 5.14. The van der Waals surface area contributed by atoms with Gasteiger partial charge in [-0.2, -0.15) is 0 Å². The molecule has 0 bridgehead atoms. The van der Waals surface area contributed by atoms with Gasteiger partial charge in [0.05, 0.1) is 6.04 Å². The number of carbonyl (C=O) groups excluding carboxylic acids is 1. The zero-order valence-electron chi connectivity index (χ0n) is 10.8. The number of rotatable bonds is 1. The number of piperidine rings is 1. The predicted octanol–water partition coefficient (Wildman–Crippen LogP) is 3.06. The second-order valence-corrected chi connectivity index (χ2v) is 5.14. The van der Waals surface area contributed by atoms with Crippen molar-refractivity contribution < 1.29 is 36.8 Å². The number of nitrogens with zero attached hydrogens (tertiary/aromatic N) is 1. The molecule has 2 aliphatic rings. The zero-order valence-corrected chi connectivity index (χ0v) is 13.0. The van der Waals surface area contributed by atoms with Crippen LogP contribution in [0.25, 0.3) is 0 Å². The normalized spacial score (nSPS) is 25.0. The first-order chi connectivity index (χ1) is 9.65. The van der Waals surface area contributed by atoms with Crippen LogP contribution in [-0.4, -0.2) is 16.8 Å². The van der Waals surface area contributed by atoms with E-state index in [2.05, 4.69) is 0 Å². The third-order valence-electron chi connectivity index (χ3n) is 3.99. The molecule has 1 amide bonds. The van der Waals surface area contributed by atoms with Gasteiger partial charge < -0.3 is 4.90 Å². The minimum absolute atomic E-state index is 0.124. The van der Waals surface area contributed by atoms with Gasteiger partial charge in [-0.25, -0.2) is 8.78 Å². The summed E-state index contributed by atoms with van der Waals surface area (Å²) in [6, 6.07) is 3.68. The van der Waals surface area contributed by atoms with Crippen molar-refractivity contribution in [1.29, 1.82) is 0 Å². The van der Waals surface area contributed by atoms with E-state index in [0.717, 1.165) is 51.5 Å². The molecule has 0 spiro atoms.